The zero-order valence-electron chi connectivity index (χ0n) is 19.3. The molecule has 2 aliphatic heterocycles. The molecule has 176 valence electrons. The number of fused-ring (bicyclic) bond motifs is 8. The highest BCUT2D eigenvalue weighted by molar-refractivity contribution is 5.86. The molecule has 0 spiro atoms. The van der Waals surface area contributed by atoms with Gasteiger partial charge in [0, 0.05) is 23.1 Å². The summed E-state index contributed by atoms with van der Waals surface area (Å²) >= 11 is 0. The van der Waals surface area contributed by atoms with Gasteiger partial charge in [0.1, 0.15) is 17.1 Å². The van der Waals surface area contributed by atoms with Crippen molar-refractivity contribution in [1.82, 2.24) is 0 Å². The van der Waals surface area contributed by atoms with Crippen molar-refractivity contribution in [2.24, 2.45) is 5.41 Å². The number of nitrogens with zero attached hydrogens (tertiary/aromatic N) is 1. The van der Waals surface area contributed by atoms with Crippen molar-refractivity contribution >= 4 is 22.3 Å². The summed E-state index contributed by atoms with van der Waals surface area (Å²) in [5, 5.41) is 16.2. The molecule has 4 aromatic rings. The SMILES string of the molecule is COc1ccc2c(c1)C1c3c(c4ccccc4oc3=O)OC(c3ccccc3[N+](=O)[O-])(N2)C1(C)C. The second-order valence-electron chi connectivity index (χ2n) is 9.42. The third-order valence-electron chi connectivity index (χ3n) is 7.33. The van der Waals surface area contributed by atoms with Crippen LogP contribution in [-0.4, -0.2) is 12.0 Å². The molecule has 0 amide bonds. The normalized spacial score (nSPS) is 21.3. The average molecular weight is 470 g/mol. The van der Waals surface area contributed by atoms with Crippen molar-refractivity contribution in [1.29, 1.82) is 0 Å². The Morgan fingerprint density at radius 3 is 2.57 bits per heavy atom. The van der Waals surface area contributed by atoms with Crippen molar-refractivity contribution in [3.8, 4) is 11.5 Å². The number of nitrogens with one attached hydrogen (secondary N) is 1. The first kappa shape index (κ1) is 21.2. The van der Waals surface area contributed by atoms with Crippen LogP contribution in [0.25, 0.3) is 11.0 Å². The minimum Gasteiger partial charge on any atom is -0.497 e. The van der Waals surface area contributed by atoms with E-state index in [1.807, 2.05) is 38.1 Å². The first-order chi connectivity index (χ1) is 16.8. The van der Waals surface area contributed by atoms with Gasteiger partial charge in [-0.05, 0) is 42.0 Å². The molecule has 2 bridgehead atoms. The quantitative estimate of drug-likeness (QED) is 0.238. The molecule has 2 aliphatic rings. The lowest BCUT2D eigenvalue weighted by atomic mass is 9.59. The van der Waals surface area contributed by atoms with Crippen molar-refractivity contribution in [3.63, 3.8) is 0 Å². The van der Waals surface area contributed by atoms with Crippen LogP contribution in [0, 0.1) is 15.5 Å². The summed E-state index contributed by atoms with van der Waals surface area (Å²) in [5.41, 5.74) is -0.0963. The van der Waals surface area contributed by atoms with Crippen LogP contribution < -0.4 is 20.4 Å². The molecule has 1 N–H and O–H groups in total. The van der Waals surface area contributed by atoms with Gasteiger partial charge in [-0.2, -0.15) is 0 Å². The van der Waals surface area contributed by atoms with E-state index in [0.29, 0.717) is 39.3 Å². The van der Waals surface area contributed by atoms with Gasteiger partial charge in [0.2, 0.25) is 5.72 Å². The summed E-state index contributed by atoms with van der Waals surface area (Å²) in [6, 6.07) is 19.2. The van der Waals surface area contributed by atoms with Crippen LogP contribution in [0.2, 0.25) is 0 Å². The van der Waals surface area contributed by atoms with Gasteiger partial charge in [-0.25, -0.2) is 4.79 Å². The van der Waals surface area contributed by atoms with Crippen LogP contribution >= 0.6 is 0 Å². The van der Waals surface area contributed by atoms with Gasteiger partial charge >= 0.3 is 5.63 Å². The Balaban J connectivity index is 1.78. The molecule has 2 atom stereocenters. The minimum atomic E-state index is -1.35. The smallest absolute Gasteiger partial charge is 0.343 e. The molecular weight excluding hydrogens is 448 g/mol. The average Bonchev–Trinajstić information content (AvgIpc) is 2.84. The summed E-state index contributed by atoms with van der Waals surface area (Å²) in [6.07, 6.45) is 0. The van der Waals surface area contributed by atoms with E-state index in [2.05, 4.69) is 5.32 Å². The lowest BCUT2D eigenvalue weighted by molar-refractivity contribution is -0.387. The number of nitro groups is 1. The van der Waals surface area contributed by atoms with E-state index < -0.39 is 27.6 Å². The van der Waals surface area contributed by atoms with Gasteiger partial charge in [-0.15, -0.1) is 0 Å². The Morgan fingerprint density at radius 2 is 1.80 bits per heavy atom. The van der Waals surface area contributed by atoms with Gasteiger partial charge in [-0.3, -0.25) is 10.1 Å². The Hall–Kier alpha value is -4.33. The van der Waals surface area contributed by atoms with E-state index in [0.717, 1.165) is 5.56 Å². The molecule has 35 heavy (non-hydrogen) atoms. The largest absolute Gasteiger partial charge is 0.497 e. The van der Waals surface area contributed by atoms with Gasteiger partial charge in [0.05, 0.1) is 28.5 Å². The predicted octanol–water partition coefficient (Wildman–Crippen LogP) is 5.54. The van der Waals surface area contributed by atoms with Crippen molar-refractivity contribution < 1.29 is 18.8 Å². The number of nitro benzene ring substituents is 1. The van der Waals surface area contributed by atoms with Crippen LogP contribution in [0.5, 0.6) is 11.5 Å². The number of rotatable bonds is 3. The molecule has 6 rings (SSSR count). The van der Waals surface area contributed by atoms with Gasteiger partial charge < -0.3 is 19.2 Å². The Bertz CT molecular complexity index is 1590. The predicted molar refractivity (Wildman–Crippen MR) is 130 cm³/mol. The van der Waals surface area contributed by atoms with Crippen LogP contribution in [0.3, 0.4) is 0 Å². The van der Waals surface area contributed by atoms with E-state index in [4.69, 9.17) is 13.9 Å². The van der Waals surface area contributed by atoms with Crippen molar-refractivity contribution in [2.75, 3.05) is 12.4 Å². The lowest BCUT2D eigenvalue weighted by Gasteiger charge is -2.57. The number of benzene rings is 3. The summed E-state index contributed by atoms with van der Waals surface area (Å²) < 4.78 is 18.0. The fourth-order valence-corrected chi connectivity index (χ4v) is 5.68. The molecule has 2 unspecified atom stereocenters. The third-order valence-corrected chi connectivity index (χ3v) is 7.33. The third kappa shape index (κ3) is 2.70. The molecule has 0 radical (unpaired) electrons. The first-order valence-electron chi connectivity index (χ1n) is 11.2. The Kier molecular flexibility index (Phi) is 4.30. The minimum absolute atomic E-state index is 0.0699. The van der Waals surface area contributed by atoms with Crippen LogP contribution in [-0.2, 0) is 5.72 Å². The lowest BCUT2D eigenvalue weighted by Crippen LogP contribution is -2.61. The zero-order chi connectivity index (χ0) is 24.5. The molecule has 3 aromatic carbocycles. The second-order valence-corrected chi connectivity index (χ2v) is 9.42. The molecule has 0 fully saturated rings. The molecule has 1 aromatic heterocycles. The van der Waals surface area contributed by atoms with E-state index >= 15 is 0 Å². The summed E-state index contributed by atoms with van der Waals surface area (Å²) in [4.78, 5) is 25.1. The van der Waals surface area contributed by atoms with Crippen molar-refractivity contribution in [2.45, 2.75) is 25.5 Å². The highest BCUT2D eigenvalue weighted by atomic mass is 16.6. The molecule has 0 saturated heterocycles. The standard InChI is InChI=1S/C27H22N2O6/c1-26(2)23-17-14-15(33-3)12-13-19(17)28-27(26,18-9-5-6-10-20(18)29(31)32)35-24-16-8-4-7-11-21(16)34-25(30)22(23)24/h4-14,23,28H,1-3H3. The highest BCUT2D eigenvalue weighted by Gasteiger charge is 2.63. The fraction of sp³-hybridized carbons (Fsp3) is 0.222. The molecule has 0 aliphatic carbocycles. The number of hydrogen-bond acceptors (Lipinski definition) is 7. The van der Waals surface area contributed by atoms with E-state index in [-0.39, 0.29) is 5.69 Å². The highest BCUT2D eigenvalue weighted by Crippen LogP contribution is 2.64. The number of hydrogen-bond donors (Lipinski definition) is 1. The number of para-hydroxylation sites is 2. The molecule has 8 nitrogen and oxygen atoms in total. The number of anilines is 1. The van der Waals surface area contributed by atoms with Crippen LogP contribution in [0.1, 0.15) is 36.5 Å². The topological polar surface area (TPSA) is 104 Å². The van der Waals surface area contributed by atoms with E-state index in [9.17, 15) is 14.9 Å². The Labute approximate surface area is 200 Å². The monoisotopic (exact) mass is 470 g/mol. The second kappa shape index (κ2) is 7.09. The fourth-order valence-electron chi connectivity index (χ4n) is 5.68. The Morgan fingerprint density at radius 1 is 1.06 bits per heavy atom. The first-order valence-corrected chi connectivity index (χ1v) is 11.2. The molecular formula is C27H22N2O6. The number of ether oxygens (including phenoxy) is 2. The molecule has 0 saturated carbocycles. The number of methoxy groups -OCH3 is 1. The van der Waals surface area contributed by atoms with Crippen LogP contribution in [0.4, 0.5) is 11.4 Å². The van der Waals surface area contributed by atoms with Crippen LogP contribution in [0.15, 0.2) is 75.9 Å². The zero-order valence-corrected chi connectivity index (χ0v) is 19.3. The van der Waals surface area contributed by atoms with Gasteiger partial charge in [-0.1, -0.05) is 38.1 Å². The summed E-state index contributed by atoms with van der Waals surface area (Å²) in [6.45, 7) is 3.89. The maximum Gasteiger partial charge on any atom is 0.343 e. The summed E-state index contributed by atoms with van der Waals surface area (Å²) in [7, 11) is 1.58. The molecule has 3 heterocycles. The van der Waals surface area contributed by atoms with Gasteiger partial charge in [0.25, 0.3) is 5.69 Å². The maximum atomic E-state index is 13.4. The van der Waals surface area contributed by atoms with Gasteiger partial charge in [0.15, 0.2) is 0 Å². The maximum absolute atomic E-state index is 13.4. The summed E-state index contributed by atoms with van der Waals surface area (Å²) in [5.74, 6) is 0.497. The van der Waals surface area contributed by atoms with E-state index in [1.165, 1.54) is 6.07 Å². The molecule has 8 heteroatoms. The van der Waals surface area contributed by atoms with E-state index in [1.54, 1.807) is 43.5 Å². The van der Waals surface area contributed by atoms with Crippen molar-refractivity contribution in [3.05, 3.63) is 104 Å².